The molecule has 2 heterocycles. The first-order chi connectivity index (χ1) is 23.9. The normalized spacial score (nSPS) is 11.5. The smallest absolute Gasteiger partial charge is 0.366 e. The molecule has 0 fully saturated rings. The number of aryl methyl sites for hydroxylation is 2. The van der Waals surface area contributed by atoms with Crippen LogP contribution in [0.1, 0.15) is 11.1 Å². The predicted molar refractivity (Wildman–Crippen MR) is 219 cm³/mol. The van der Waals surface area contributed by atoms with E-state index in [2.05, 4.69) is 158 Å². The molecule has 0 aliphatic carbocycles. The molecule has 0 aliphatic rings. The van der Waals surface area contributed by atoms with Gasteiger partial charge < -0.3 is 22.0 Å². The molecule has 0 N–H and O–H groups in total. The minimum Gasteiger partial charge on any atom is -0.366 e. The summed E-state index contributed by atoms with van der Waals surface area (Å²) >= 11 is 0. The van der Waals surface area contributed by atoms with Crippen molar-refractivity contribution in [3.05, 3.63) is 170 Å². The zero-order chi connectivity index (χ0) is 34.3. The van der Waals surface area contributed by atoms with Crippen LogP contribution in [0.2, 0.25) is 0 Å². The fraction of sp³-hybridized carbons (Fsp3) is 0.111. The van der Waals surface area contributed by atoms with Gasteiger partial charge >= 0.3 is 44.8 Å². The minimum atomic E-state index is -0.368. The molecule has 2 atom stereocenters. The van der Waals surface area contributed by atoms with E-state index in [1.165, 1.54) is 38.5 Å². The van der Waals surface area contributed by atoms with Crippen LogP contribution in [0.25, 0.3) is 43.6 Å². The molecular weight excluding hydrogens is 1020 g/mol. The van der Waals surface area contributed by atoms with Crippen molar-refractivity contribution >= 4 is 70.1 Å². The van der Waals surface area contributed by atoms with Gasteiger partial charge in [-0.25, -0.2) is 0 Å². The zero-order valence-electron chi connectivity index (χ0n) is 29.1. The van der Waals surface area contributed by atoms with E-state index in [4.69, 9.17) is 12.8 Å². The van der Waals surface area contributed by atoms with Crippen LogP contribution in [0.5, 0.6) is 0 Å². The second-order valence-electron chi connectivity index (χ2n) is 12.3. The van der Waals surface area contributed by atoms with Gasteiger partial charge in [-0.15, -0.1) is 35.4 Å². The zero-order valence-corrected chi connectivity index (χ0v) is 35.4. The number of rotatable bonds is 4. The first kappa shape index (κ1) is 40.2. The molecule has 0 spiro atoms. The molecule has 0 saturated heterocycles. The Labute approximate surface area is 336 Å². The van der Waals surface area contributed by atoms with Crippen LogP contribution in [-0.2, 0) is 58.9 Å². The van der Waals surface area contributed by atoms with Crippen molar-refractivity contribution in [2.45, 2.75) is 0 Å². The molecule has 2 unspecified atom stereocenters. The Balaban J connectivity index is 0.000000168. The van der Waals surface area contributed by atoms with Gasteiger partial charge in [0.05, 0.1) is 39.8 Å². The number of nitrogens with zero attached hydrogens (tertiary/aromatic N) is 2. The van der Waals surface area contributed by atoms with Crippen molar-refractivity contribution in [1.82, 2.24) is 9.13 Å². The molecule has 51 heavy (non-hydrogen) atoms. The van der Waals surface area contributed by atoms with Gasteiger partial charge in [-0.3, -0.25) is 11.8 Å². The average molecular weight is 1060 g/mol. The van der Waals surface area contributed by atoms with Crippen LogP contribution in [0, 0.1) is 24.7 Å². The van der Waals surface area contributed by atoms with Gasteiger partial charge in [0.1, 0.15) is 0 Å². The van der Waals surface area contributed by atoms with E-state index in [0.717, 1.165) is 22.2 Å². The monoisotopic (exact) mass is 1060 g/mol. The Morgan fingerprint density at radius 1 is 0.451 bits per heavy atom. The average Bonchev–Trinajstić information content (AvgIpc) is 3.62. The van der Waals surface area contributed by atoms with E-state index in [-0.39, 0.29) is 60.6 Å². The van der Waals surface area contributed by atoms with Crippen molar-refractivity contribution in [3.8, 4) is 11.8 Å². The summed E-state index contributed by atoms with van der Waals surface area (Å²) in [6, 6.07) is 50.7. The third kappa shape index (κ3) is 9.07. The van der Waals surface area contributed by atoms with E-state index < -0.39 is 0 Å². The fourth-order valence-corrected chi connectivity index (χ4v) is 12.9. The third-order valence-corrected chi connectivity index (χ3v) is 16.1. The van der Waals surface area contributed by atoms with Crippen molar-refractivity contribution in [1.29, 1.82) is 0 Å². The summed E-state index contributed by atoms with van der Waals surface area (Å²) in [7, 11) is 3.37. The Morgan fingerprint density at radius 3 is 1.16 bits per heavy atom. The second-order valence-corrected chi connectivity index (χ2v) is 18.0. The summed E-state index contributed by atoms with van der Waals surface area (Å²) in [6.07, 6.45) is 14.3. The summed E-state index contributed by atoms with van der Waals surface area (Å²) < 4.78 is 4.32. The van der Waals surface area contributed by atoms with Crippen LogP contribution < -0.4 is 10.6 Å². The maximum atomic E-state index is 7.16. The van der Waals surface area contributed by atoms with Crippen LogP contribution in [0.15, 0.2) is 146 Å². The van der Waals surface area contributed by atoms with Gasteiger partial charge in [-0.1, -0.05) is 84.9 Å². The maximum Gasteiger partial charge on any atom is 1.00 e. The Kier molecular flexibility index (Phi) is 14.8. The molecule has 0 saturated carbocycles. The topological polar surface area (TPSA) is 9.86 Å². The molecule has 2 nitrogen and oxygen atoms in total. The number of hydrogen-bond donors (Lipinski definition) is 0. The van der Waals surface area contributed by atoms with Crippen molar-refractivity contribution < 1.29 is 44.8 Å². The minimum absolute atomic E-state index is 0. The Bertz CT molecular complexity index is 2280. The van der Waals surface area contributed by atoms with Gasteiger partial charge in [0.15, 0.2) is 5.90 Å². The molecular formula is C45H40Au2N2P2+2. The fourth-order valence-electron chi connectivity index (χ4n) is 6.52. The first-order valence-electron chi connectivity index (χ1n) is 16.4. The first-order valence-corrected chi connectivity index (χ1v) is 20.9. The number of para-hydroxylation sites is 2. The van der Waals surface area contributed by atoms with Crippen molar-refractivity contribution in [3.63, 3.8) is 0 Å². The molecule has 8 aromatic rings. The van der Waals surface area contributed by atoms with Gasteiger partial charge in [0, 0.05) is 57.7 Å². The quantitative estimate of drug-likeness (QED) is 0.0720. The molecule has 0 amide bonds. The van der Waals surface area contributed by atoms with Crippen molar-refractivity contribution in [2.24, 2.45) is 14.1 Å². The molecule has 2 aromatic heterocycles. The summed E-state index contributed by atoms with van der Waals surface area (Å²) in [6.45, 7) is 4.88. The van der Waals surface area contributed by atoms with E-state index in [0.29, 0.717) is 0 Å². The van der Waals surface area contributed by atoms with Crippen molar-refractivity contribution in [2.75, 3.05) is 19.2 Å². The summed E-state index contributed by atoms with van der Waals surface area (Å²) in [5.41, 5.74) is 6.38. The van der Waals surface area contributed by atoms with Crippen LogP contribution >= 0.6 is 15.8 Å². The molecule has 0 radical (unpaired) electrons. The van der Waals surface area contributed by atoms with Crippen LogP contribution in [-0.4, -0.2) is 28.4 Å². The molecule has 8 rings (SSSR count). The Hall–Kier alpha value is -3.62. The molecule has 6 heteroatoms. The Morgan fingerprint density at radius 2 is 0.784 bits per heavy atom. The molecule has 0 aliphatic heterocycles. The predicted octanol–water partition coefficient (Wildman–Crippen LogP) is 9.82. The largest absolute Gasteiger partial charge is 1.00 e. The van der Waals surface area contributed by atoms with Gasteiger partial charge in [-0.2, -0.15) is 0 Å². The molecule has 260 valence electrons. The molecule has 0 bridgehead atoms. The molecule has 6 aromatic carbocycles. The van der Waals surface area contributed by atoms with E-state index in [1.807, 2.05) is 36.4 Å². The van der Waals surface area contributed by atoms with Gasteiger partial charge in [0.25, 0.3) is 0 Å². The van der Waals surface area contributed by atoms with Gasteiger partial charge in [0.2, 0.25) is 0 Å². The van der Waals surface area contributed by atoms with E-state index >= 15 is 0 Å². The SMILES string of the molecule is C[PH+](C[PH+](C)c1ccccc1)c1ccccc1.[Au+].[Au+].[C-]#Cc1ccc2c3ccccc3n(C)c2c1.[C-]#Cc1ccc2c3ccccc3n(C)c2c1. The number of hydrogen-bond acceptors (Lipinski definition) is 0. The van der Waals surface area contributed by atoms with E-state index in [9.17, 15) is 0 Å². The number of fused-ring (bicyclic) bond motifs is 6. The second kappa shape index (κ2) is 18.7. The summed E-state index contributed by atoms with van der Waals surface area (Å²) in [5.74, 6) is 6.26. The maximum absolute atomic E-state index is 7.16. The van der Waals surface area contributed by atoms with Crippen LogP contribution in [0.4, 0.5) is 0 Å². The van der Waals surface area contributed by atoms with Crippen LogP contribution in [0.3, 0.4) is 0 Å². The third-order valence-electron chi connectivity index (χ3n) is 9.18. The standard InChI is InChI=1S/2C15H10N.C15H18P2.2Au/c2*1-3-11-8-9-13-12-6-4-5-7-14(12)16(2)15(13)10-11;1-16(14-9-5-3-6-10-14)13-17(2)15-11-7-4-8-12-15;;/h2*4-10H,2H3;3-12H,13H2,1-2H3;;/q2*-1;;2*+1/p+2. The summed E-state index contributed by atoms with van der Waals surface area (Å²) in [5, 5.41) is 8.12. The van der Waals surface area contributed by atoms with Gasteiger partial charge in [-0.05, 0) is 36.4 Å². The number of aromatic nitrogens is 2. The summed E-state index contributed by atoms with van der Waals surface area (Å²) in [4.78, 5) is 0. The number of benzene rings is 6. The van der Waals surface area contributed by atoms with E-state index in [1.54, 1.807) is 10.6 Å².